The molecule has 2 heterocycles. The summed E-state index contributed by atoms with van der Waals surface area (Å²) in [6, 6.07) is 5.64. The number of hydrogen-bond donors (Lipinski definition) is 3. The van der Waals surface area contributed by atoms with E-state index in [1.165, 1.54) is 0 Å². The van der Waals surface area contributed by atoms with E-state index >= 15 is 0 Å². The Morgan fingerprint density at radius 3 is 3.12 bits per heavy atom. The minimum atomic E-state index is 0.113. The molecule has 0 spiro atoms. The maximum atomic E-state index is 11.0. The number of carbonyl (C=O) groups is 1. The molecule has 1 aliphatic rings. The third kappa shape index (κ3) is 3.13. The van der Waals surface area contributed by atoms with Gasteiger partial charge >= 0.3 is 0 Å². The van der Waals surface area contributed by atoms with E-state index in [4.69, 9.17) is 18.0 Å². The van der Waals surface area contributed by atoms with Crippen LogP contribution in [0.25, 0.3) is 0 Å². The zero-order chi connectivity index (χ0) is 12.3. The maximum Gasteiger partial charge on any atom is 0.220 e. The van der Waals surface area contributed by atoms with Gasteiger partial charge in [-0.1, -0.05) is 18.3 Å². The fourth-order valence-corrected chi connectivity index (χ4v) is 1.84. The maximum absolute atomic E-state index is 11.0. The minimum Gasteiger partial charge on any atom is -0.388 e. The average molecular weight is 250 g/mol. The highest BCUT2D eigenvalue weighted by Gasteiger charge is 2.20. The van der Waals surface area contributed by atoms with E-state index in [2.05, 4.69) is 15.6 Å². The molecular formula is C11H14N4OS. The van der Waals surface area contributed by atoms with Crippen molar-refractivity contribution in [2.24, 2.45) is 5.73 Å². The fraction of sp³-hybridized carbons (Fsp3) is 0.364. The third-order valence-electron chi connectivity index (χ3n) is 2.62. The molecule has 17 heavy (non-hydrogen) atoms. The Morgan fingerprint density at radius 1 is 1.65 bits per heavy atom. The number of nitrogens with zero attached hydrogens (tertiary/aromatic N) is 1. The second kappa shape index (κ2) is 5.09. The van der Waals surface area contributed by atoms with Gasteiger partial charge in [-0.05, 0) is 18.6 Å². The monoisotopic (exact) mass is 250 g/mol. The summed E-state index contributed by atoms with van der Waals surface area (Å²) in [4.78, 5) is 15.6. The van der Waals surface area contributed by atoms with Gasteiger partial charge < -0.3 is 16.4 Å². The van der Waals surface area contributed by atoms with E-state index < -0.39 is 0 Å². The first-order chi connectivity index (χ1) is 8.15. The van der Waals surface area contributed by atoms with Crippen LogP contribution >= 0.6 is 12.2 Å². The number of amides is 1. The lowest BCUT2D eigenvalue weighted by Gasteiger charge is -2.12. The predicted octanol–water partition coefficient (Wildman–Crippen LogP) is 0.406. The molecule has 1 fully saturated rings. The van der Waals surface area contributed by atoms with Gasteiger partial charge in [-0.3, -0.25) is 4.79 Å². The highest BCUT2D eigenvalue weighted by Crippen LogP contribution is 2.09. The third-order valence-corrected chi connectivity index (χ3v) is 2.83. The smallest absolute Gasteiger partial charge is 0.220 e. The van der Waals surface area contributed by atoms with Crippen molar-refractivity contribution < 1.29 is 4.79 Å². The Balaban J connectivity index is 1.92. The number of rotatable bonds is 4. The lowest BCUT2D eigenvalue weighted by molar-refractivity contribution is -0.119. The Labute approximate surface area is 105 Å². The number of carbonyl (C=O) groups excluding carboxylic acids is 1. The molecule has 5 nitrogen and oxygen atoms in total. The van der Waals surface area contributed by atoms with Gasteiger partial charge in [-0.25, -0.2) is 4.98 Å². The molecule has 0 bridgehead atoms. The quantitative estimate of drug-likeness (QED) is 0.674. The van der Waals surface area contributed by atoms with Crippen LogP contribution in [0.4, 0.5) is 5.82 Å². The first-order valence-electron chi connectivity index (χ1n) is 5.45. The summed E-state index contributed by atoms with van der Waals surface area (Å²) in [7, 11) is 0. The Morgan fingerprint density at radius 2 is 2.47 bits per heavy atom. The van der Waals surface area contributed by atoms with Gasteiger partial charge in [-0.15, -0.1) is 0 Å². The molecule has 0 radical (unpaired) electrons. The highest BCUT2D eigenvalue weighted by atomic mass is 32.1. The molecule has 4 N–H and O–H groups in total. The van der Waals surface area contributed by atoms with Crippen molar-refractivity contribution in [2.45, 2.75) is 18.9 Å². The van der Waals surface area contributed by atoms with E-state index in [9.17, 15) is 4.79 Å². The van der Waals surface area contributed by atoms with Gasteiger partial charge in [0.1, 0.15) is 10.8 Å². The van der Waals surface area contributed by atoms with Crippen molar-refractivity contribution in [1.29, 1.82) is 0 Å². The first kappa shape index (κ1) is 11.8. The summed E-state index contributed by atoms with van der Waals surface area (Å²) in [6.45, 7) is 0.666. The molecule has 0 aromatic carbocycles. The minimum absolute atomic E-state index is 0.113. The van der Waals surface area contributed by atoms with Crippen LogP contribution < -0.4 is 16.4 Å². The Hall–Kier alpha value is -1.69. The van der Waals surface area contributed by atoms with Gasteiger partial charge in [-0.2, -0.15) is 0 Å². The molecule has 1 aliphatic heterocycles. The number of aromatic nitrogens is 1. The molecule has 0 saturated carbocycles. The SMILES string of the molecule is NC(=S)c1cccc(NCC2CCC(=O)N2)n1. The molecule has 1 aromatic rings. The summed E-state index contributed by atoms with van der Waals surface area (Å²) in [5.41, 5.74) is 6.10. The molecule has 1 aromatic heterocycles. The van der Waals surface area contributed by atoms with E-state index in [0.717, 1.165) is 12.2 Å². The Kier molecular flexibility index (Phi) is 3.53. The topological polar surface area (TPSA) is 80.0 Å². The lowest BCUT2D eigenvalue weighted by atomic mass is 10.2. The van der Waals surface area contributed by atoms with Crippen molar-refractivity contribution in [1.82, 2.24) is 10.3 Å². The molecule has 1 unspecified atom stereocenters. The van der Waals surface area contributed by atoms with Crippen LogP contribution in [0.1, 0.15) is 18.5 Å². The van der Waals surface area contributed by atoms with Gasteiger partial charge in [0, 0.05) is 19.0 Å². The molecule has 1 amide bonds. The lowest BCUT2D eigenvalue weighted by Crippen LogP contribution is -2.32. The van der Waals surface area contributed by atoms with Gasteiger partial charge in [0.05, 0.1) is 5.69 Å². The van der Waals surface area contributed by atoms with Crippen molar-refractivity contribution in [3.63, 3.8) is 0 Å². The highest BCUT2D eigenvalue weighted by molar-refractivity contribution is 7.80. The normalized spacial score (nSPS) is 18.8. The molecule has 1 saturated heterocycles. The molecule has 2 rings (SSSR count). The van der Waals surface area contributed by atoms with Crippen molar-refractivity contribution in [2.75, 3.05) is 11.9 Å². The second-order valence-corrected chi connectivity index (χ2v) is 4.40. The van der Waals surface area contributed by atoms with Gasteiger partial charge in [0.15, 0.2) is 0 Å². The van der Waals surface area contributed by atoms with Crippen LogP contribution in [0.5, 0.6) is 0 Å². The summed E-state index contributed by atoms with van der Waals surface area (Å²) in [6.07, 6.45) is 1.47. The summed E-state index contributed by atoms with van der Waals surface area (Å²) < 4.78 is 0. The van der Waals surface area contributed by atoms with E-state index in [-0.39, 0.29) is 16.9 Å². The zero-order valence-electron chi connectivity index (χ0n) is 9.27. The van der Waals surface area contributed by atoms with Crippen molar-refractivity contribution >= 4 is 28.9 Å². The van der Waals surface area contributed by atoms with Gasteiger partial charge in [0.25, 0.3) is 0 Å². The Bertz CT molecular complexity index is 449. The zero-order valence-corrected chi connectivity index (χ0v) is 10.1. The average Bonchev–Trinajstić information content (AvgIpc) is 2.73. The van der Waals surface area contributed by atoms with Crippen LogP contribution in [0.15, 0.2) is 18.2 Å². The first-order valence-corrected chi connectivity index (χ1v) is 5.86. The van der Waals surface area contributed by atoms with Crippen LogP contribution in [-0.4, -0.2) is 28.5 Å². The van der Waals surface area contributed by atoms with Crippen LogP contribution in [-0.2, 0) is 4.79 Å². The van der Waals surface area contributed by atoms with Crippen LogP contribution in [0.3, 0.4) is 0 Å². The second-order valence-electron chi connectivity index (χ2n) is 3.96. The van der Waals surface area contributed by atoms with Crippen LogP contribution in [0.2, 0.25) is 0 Å². The van der Waals surface area contributed by atoms with Gasteiger partial charge in [0.2, 0.25) is 5.91 Å². The van der Waals surface area contributed by atoms with Crippen LogP contribution in [0, 0.1) is 0 Å². The van der Waals surface area contributed by atoms with E-state index in [0.29, 0.717) is 18.7 Å². The predicted molar refractivity (Wildman–Crippen MR) is 69.8 cm³/mol. The number of thiocarbonyl (C=S) groups is 1. The van der Waals surface area contributed by atoms with E-state index in [1.807, 2.05) is 12.1 Å². The standard InChI is InChI=1S/C11H14N4OS/c12-11(17)8-2-1-3-9(15-8)13-6-7-4-5-10(16)14-7/h1-3,7H,4-6H2,(H2,12,17)(H,13,15)(H,14,16). The molecular weight excluding hydrogens is 236 g/mol. The summed E-state index contributed by atoms with van der Waals surface area (Å²) in [5, 5.41) is 6.04. The van der Waals surface area contributed by atoms with Crippen molar-refractivity contribution in [3.05, 3.63) is 23.9 Å². The number of nitrogens with one attached hydrogen (secondary N) is 2. The number of pyridine rings is 1. The van der Waals surface area contributed by atoms with Crippen molar-refractivity contribution in [3.8, 4) is 0 Å². The largest absolute Gasteiger partial charge is 0.388 e. The number of hydrogen-bond acceptors (Lipinski definition) is 4. The van der Waals surface area contributed by atoms with E-state index in [1.54, 1.807) is 6.07 Å². The molecule has 0 aliphatic carbocycles. The molecule has 6 heteroatoms. The number of anilines is 1. The molecule has 90 valence electrons. The molecule has 1 atom stereocenters. The summed E-state index contributed by atoms with van der Waals surface area (Å²) in [5.74, 6) is 0.832. The summed E-state index contributed by atoms with van der Waals surface area (Å²) >= 11 is 4.86. The fourth-order valence-electron chi connectivity index (χ4n) is 1.73. The number of nitrogens with two attached hydrogens (primary N) is 1.